The number of hydrogen-bond acceptors (Lipinski definition) is 10. The molecule has 0 aliphatic rings. The first-order chi connectivity index (χ1) is 17.3. The molecule has 0 aliphatic carbocycles. The van der Waals surface area contributed by atoms with Gasteiger partial charge in [0.05, 0.1) is 19.8 Å². The van der Waals surface area contributed by atoms with Crippen molar-refractivity contribution in [3.63, 3.8) is 0 Å². The third-order valence-electron chi connectivity index (χ3n) is 4.81. The first-order valence-electron chi connectivity index (χ1n) is 11.9. The first-order valence-corrected chi connectivity index (χ1v) is 11.9. The maximum absolute atomic E-state index is 12.7. The van der Waals surface area contributed by atoms with E-state index in [0.29, 0.717) is 19.0 Å². The Morgan fingerprint density at radius 2 is 1.72 bits per heavy atom. The number of rotatable bonds is 20. The number of carbonyl (C=O) groups is 2. The van der Waals surface area contributed by atoms with Crippen molar-refractivity contribution >= 4 is 11.9 Å². The highest BCUT2D eigenvalue weighted by Crippen LogP contribution is 2.14. The third-order valence-corrected chi connectivity index (χ3v) is 4.81. The normalized spacial score (nSPS) is 11.7. The lowest BCUT2D eigenvalue weighted by molar-refractivity contribution is -0.758. The zero-order valence-corrected chi connectivity index (χ0v) is 21.5. The third kappa shape index (κ3) is 13.8. The molecule has 0 fully saturated rings. The average Bonchev–Trinajstić information content (AvgIpc) is 2.84. The van der Waals surface area contributed by atoms with Crippen LogP contribution in [0.5, 0.6) is 5.75 Å². The summed E-state index contributed by atoms with van der Waals surface area (Å²) in [5, 5.41) is 9.22. The van der Waals surface area contributed by atoms with Crippen LogP contribution >= 0.6 is 0 Å². The lowest BCUT2D eigenvalue weighted by Crippen LogP contribution is -2.46. The van der Waals surface area contributed by atoms with Crippen molar-refractivity contribution in [3.8, 4) is 5.75 Å². The Balaban J connectivity index is 2.77. The van der Waals surface area contributed by atoms with Crippen LogP contribution in [0.3, 0.4) is 0 Å². The number of ether oxygens (including phenoxy) is 5. The zero-order chi connectivity index (χ0) is 26.8. The van der Waals surface area contributed by atoms with Crippen LogP contribution in [0, 0.1) is 10.1 Å². The fourth-order valence-electron chi connectivity index (χ4n) is 3.04. The van der Waals surface area contributed by atoms with Crippen LogP contribution < -0.4 is 4.74 Å². The lowest BCUT2D eigenvalue weighted by atomic mass is 10.1. The van der Waals surface area contributed by atoms with Crippen molar-refractivity contribution in [1.29, 1.82) is 0 Å². The fourth-order valence-corrected chi connectivity index (χ4v) is 3.04. The molecule has 0 saturated heterocycles. The lowest BCUT2D eigenvalue weighted by Gasteiger charge is -2.30. The Bertz CT molecular complexity index is 773. The smallest absolute Gasteiger partial charge is 0.332 e. The number of benzene rings is 1. The van der Waals surface area contributed by atoms with Gasteiger partial charge in [0.25, 0.3) is 5.09 Å². The summed E-state index contributed by atoms with van der Waals surface area (Å²) in [6.07, 6.45) is 0.775. The van der Waals surface area contributed by atoms with E-state index in [2.05, 4.69) is 4.84 Å². The number of carbonyl (C=O) groups excluding carboxylic acids is 2. The second kappa shape index (κ2) is 18.3. The van der Waals surface area contributed by atoms with Gasteiger partial charge in [-0.1, -0.05) is 19.1 Å². The van der Waals surface area contributed by atoms with E-state index in [9.17, 15) is 19.7 Å². The van der Waals surface area contributed by atoms with Gasteiger partial charge in [0.2, 0.25) is 5.91 Å². The highest BCUT2D eigenvalue weighted by Gasteiger charge is 2.25. The molecule has 0 bridgehead atoms. The van der Waals surface area contributed by atoms with E-state index in [1.165, 1.54) is 0 Å². The van der Waals surface area contributed by atoms with Gasteiger partial charge in [-0.15, -0.1) is 10.1 Å². The Kier molecular flexibility index (Phi) is 15.8. The molecule has 0 saturated carbocycles. The number of amides is 1. The Morgan fingerprint density at radius 3 is 2.33 bits per heavy atom. The summed E-state index contributed by atoms with van der Waals surface area (Å²) in [7, 11) is 1.64. The molecule has 0 heterocycles. The monoisotopic (exact) mass is 514 g/mol. The van der Waals surface area contributed by atoms with Crippen LogP contribution in [0.1, 0.15) is 32.8 Å². The highest BCUT2D eigenvalue weighted by atomic mass is 17.0. The Hall–Kier alpha value is -2.96. The van der Waals surface area contributed by atoms with Crippen LogP contribution in [0.25, 0.3) is 0 Å². The topological polar surface area (TPSA) is 136 Å². The van der Waals surface area contributed by atoms with Gasteiger partial charge in [-0.3, -0.25) is 4.79 Å². The van der Waals surface area contributed by atoms with Crippen molar-refractivity contribution in [3.05, 3.63) is 39.9 Å². The van der Waals surface area contributed by atoms with E-state index in [0.717, 1.165) is 18.4 Å². The van der Waals surface area contributed by atoms with Crippen LogP contribution in [0.2, 0.25) is 0 Å². The molecule has 1 aromatic carbocycles. The second-order valence-corrected chi connectivity index (χ2v) is 8.11. The van der Waals surface area contributed by atoms with Crippen LogP contribution in [0.4, 0.5) is 0 Å². The van der Waals surface area contributed by atoms with Gasteiger partial charge < -0.3 is 33.4 Å². The average molecular weight is 515 g/mol. The van der Waals surface area contributed by atoms with Gasteiger partial charge in [-0.05, 0) is 44.4 Å². The summed E-state index contributed by atoms with van der Waals surface area (Å²) >= 11 is 0. The molecule has 12 nitrogen and oxygen atoms in total. The molecular weight excluding hydrogens is 476 g/mol. The molecule has 1 amide bonds. The van der Waals surface area contributed by atoms with Gasteiger partial charge in [0.15, 0.2) is 6.10 Å². The molecule has 0 aromatic heterocycles. The van der Waals surface area contributed by atoms with Gasteiger partial charge in [0.1, 0.15) is 32.2 Å². The molecule has 36 heavy (non-hydrogen) atoms. The predicted molar refractivity (Wildman–Crippen MR) is 129 cm³/mol. The minimum absolute atomic E-state index is 0.0000896. The highest BCUT2D eigenvalue weighted by molar-refractivity contribution is 5.78. The molecule has 1 aromatic rings. The SMILES string of the molecule is CCCOCC(=O)N(CC(COc1ccc(CCOC)cc1)OC(=O)COCCO[N+](=O)[O-])C(C)C. The van der Waals surface area contributed by atoms with Crippen molar-refractivity contribution in [2.24, 2.45) is 0 Å². The fraction of sp³-hybridized carbons (Fsp3) is 0.667. The largest absolute Gasteiger partial charge is 0.490 e. The van der Waals surface area contributed by atoms with Crippen molar-refractivity contribution in [2.45, 2.75) is 45.8 Å². The Labute approximate surface area is 211 Å². The summed E-state index contributed by atoms with van der Waals surface area (Å²) in [6.45, 7) is 5.87. The predicted octanol–water partition coefficient (Wildman–Crippen LogP) is 2.05. The Morgan fingerprint density at radius 1 is 1.03 bits per heavy atom. The number of hydrogen-bond donors (Lipinski definition) is 0. The summed E-state index contributed by atoms with van der Waals surface area (Å²) in [4.78, 5) is 40.9. The molecule has 1 atom stereocenters. The summed E-state index contributed by atoms with van der Waals surface area (Å²) in [5.41, 5.74) is 1.09. The quantitative estimate of drug-likeness (QED) is 0.110. The van der Waals surface area contributed by atoms with E-state index in [-0.39, 0.29) is 44.9 Å². The second-order valence-electron chi connectivity index (χ2n) is 8.11. The van der Waals surface area contributed by atoms with Crippen LogP contribution in [-0.2, 0) is 39.8 Å². The molecular formula is C24H38N2O10. The van der Waals surface area contributed by atoms with E-state index >= 15 is 0 Å². The van der Waals surface area contributed by atoms with Crippen molar-refractivity contribution in [2.75, 3.05) is 59.9 Å². The zero-order valence-electron chi connectivity index (χ0n) is 21.5. The number of methoxy groups -OCH3 is 1. The van der Waals surface area contributed by atoms with Gasteiger partial charge in [0, 0.05) is 19.8 Å². The number of nitrogens with zero attached hydrogens (tertiary/aromatic N) is 2. The van der Waals surface area contributed by atoms with Crippen molar-refractivity contribution < 1.29 is 43.2 Å². The van der Waals surface area contributed by atoms with E-state index in [1.807, 2.05) is 45.0 Å². The maximum atomic E-state index is 12.7. The minimum atomic E-state index is -0.944. The van der Waals surface area contributed by atoms with E-state index in [4.69, 9.17) is 23.7 Å². The van der Waals surface area contributed by atoms with Gasteiger partial charge >= 0.3 is 5.97 Å². The summed E-state index contributed by atoms with van der Waals surface area (Å²) < 4.78 is 26.9. The molecule has 0 spiro atoms. The molecule has 0 N–H and O–H groups in total. The van der Waals surface area contributed by atoms with Gasteiger partial charge in [-0.25, -0.2) is 4.79 Å². The molecule has 204 valence electrons. The van der Waals surface area contributed by atoms with E-state index < -0.39 is 23.8 Å². The molecule has 1 rings (SSSR count). The standard InChI is InChI=1S/C24H38N2O10/c1-5-11-32-17-23(27)25(19(2)3)15-22(36-24(28)18-33-13-14-35-26(29)30)16-34-21-8-6-20(7-9-21)10-12-31-4/h6-9,19,22H,5,10-18H2,1-4H3. The molecule has 12 heteroatoms. The van der Waals surface area contributed by atoms with E-state index in [1.54, 1.807) is 12.0 Å². The van der Waals surface area contributed by atoms with Crippen molar-refractivity contribution in [1.82, 2.24) is 4.90 Å². The molecule has 0 aliphatic heterocycles. The molecule has 1 unspecified atom stereocenters. The molecule has 0 radical (unpaired) electrons. The summed E-state index contributed by atoms with van der Waals surface area (Å²) in [6, 6.07) is 7.30. The number of esters is 1. The maximum Gasteiger partial charge on any atom is 0.332 e. The minimum Gasteiger partial charge on any atom is -0.490 e. The first kappa shape index (κ1) is 31.1. The van der Waals surface area contributed by atoms with Crippen LogP contribution in [0.15, 0.2) is 24.3 Å². The van der Waals surface area contributed by atoms with Gasteiger partial charge in [-0.2, -0.15) is 0 Å². The summed E-state index contributed by atoms with van der Waals surface area (Å²) in [5.74, 6) is -0.340. The van der Waals surface area contributed by atoms with Crippen LogP contribution in [-0.4, -0.2) is 93.9 Å².